The Morgan fingerprint density at radius 3 is 1.12 bits per heavy atom. The summed E-state index contributed by atoms with van der Waals surface area (Å²) in [4.78, 5) is 16.0. The van der Waals surface area contributed by atoms with Crippen molar-refractivity contribution in [2.45, 2.75) is 0 Å². The predicted molar refractivity (Wildman–Crippen MR) is 30.3 cm³/mol. The first-order chi connectivity index (χ1) is 3.73. The van der Waals surface area contributed by atoms with E-state index in [0.717, 1.165) is 0 Å². The van der Waals surface area contributed by atoms with E-state index in [1.165, 1.54) is 0 Å². The number of guanidine groups is 1. The summed E-state index contributed by atoms with van der Waals surface area (Å²) in [5.74, 6) is -0.333. The first-order valence-electron chi connectivity index (χ1n) is 1.40. The maximum Gasteiger partial charge on any atom is 0.183 e. The second kappa shape index (κ2) is 46.0. The number of nitrogens with two attached hydrogens (primary N) is 2. The van der Waals surface area contributed by atoms with Crippen molar-refractivity contribution in [2.75, 3.05) is 0 Å². The summed E-state index contributed by atoms with van der Waals surface area (Å²) < 4.78 is 0. The molecule has 0 aliphatic rings. The Morgan fingerprint density at radius 2 is 1.12 bits per heavy atom. The molecule has 48 valence electrons. The molecule has 0 unspecified atom stereocenters. The van der Waals surface area contributed by atoms with Gasteiger partial charge in [0.25, 0.3) is 0 Å². The Balaban J connectivity index is -0.0000000542. The number of hydrogen-bond acceptors (Lipinski definition) is 3. The molecular weight excluding hydrogens is 110 g/mol. The van der Waals surface area contributed by atoms with E-state index in [2.05, 4.69) is 11.5 Å². The molecule has 8 heavy (non-hydrogen) atoms. The topological polar surface area (TPSA) is 110 Å². The lowest BCUT2D eigenvalue weighted by Gasteiger charge is -1.69. The largest absolute Gasteiger partial charge is 0.370 e. The van der Waals surface area contributed by atoms with E-state index in [1.807, 2.05) is 13.6 Å². The molecule has 0 spiro atoms. The Kier molecular flexibility index (Phi) is 91.8. The van der Waals surface area contributed by atoms with E-state index in [1.54, 1.807) is 0 Å². The van der Waals surface area contributed by atoms with Gasteiger partial charge in [-0.15, -0.1) is 0 Å². The summed E-state index contributed by atoms with van der Waals surface area (Å²) in [5, 5.41) is 6.06. The highest BCUT2D eigenvalue weighted by Gasteiger charge is 1.52. The van der Waals surface area contributed by atoms with Crippen LogP contribution in [-0.2, 0) is 9.59 Å². The molecule has 0 aromatic heterocycles. The number of hydrogen-bond donors (Lipinski definition) is 3. The van der Waals surface area contributed by atoms with E-state index in [-0.39, 0.29) is 5.96 Å². The lowest BCUT2D eigenvalue weighted by atomic mass is 11.1. The van der Waals surface area contributed by atoms with Crippen LogP contribution in [0, 0.1) is 5.41 Å². The van der Waals surface area contributed by atoms with Crippen LogP contribution in [0.25, 0.3) is 0 Å². The minimum Gasteiger partial charge on any atom is -0.370 e. The van der Waals surface area contributed by atoms with Gasteiger partial charge in [0.2, 0.25) is 0 Å². The summed E-state index contributed by atoms with van der Waals surface area (Å²) in [6.45, 7) is 4.00. The highest BCUT2D eigenvalue weighted by molar-refractivity contribution is 5.71. The highest BCUT2D eigenvalue weighted by atomic mass is 16.1. The van der Waals surface area contributed by atoms with Gasteiger partial charge < -0.3 is 21.1 Å². The van der Waals surface area contributed by atoms with Crippen molar-refractivity contribution in [3.63, 3.8) is 0 Å². The second-order valence-electron chi connectivity index (χ2n) is 0.455. The molecule has 0 saturated heterocycles. The normalized spacial score (nSPS) is 4.00. The second-order valence-corrected chi connectivity index (χ2v) is 0.455. The minimum atomic E-state index is -0.333. The van der Waals surface area contributed by atoms with Crippen molar-refractivity contribution in [1.29, 1.82) is 5.41 Å². The van der Waals surface area contributed by atoms with Crippen LogP contribution in [0.2, 0.25) is 0 Å². The fourth-order valence-corrected chi connectivity index (χ4v) is 0. The molecule has 0 amide bonds. The quantitative estimate of drug-likeness (QED) is 0.265. The molecule has 0 aromatic carbocycles. The third-order valence-corrected chi connectivity index (χ3v) is 0. The summed E-state index contributed by atoms with van der Waals surface area (Å²) in [6.07, 6.45) is 0. The monoisotopic (exact) mass is 119 g/mol. The van der Waals surface area contributed by atoms with Crippen LogP contribution in [0.15, 0.2) is 0 Å². The first-order valence-corrected chi connectivity index (χ1v) is 1.40. The molecule has 0 heterocycles. The van der Waals surface area contributed by atoms with E-state index >= 15 is 0 Å². The van der Waals surface area contributed by atoms with Crippen LogP contribution in [-0.4, -0.2) is 19.5 Å². The standard InChI is InChI=1S/CH5N3.2CH2O/c2-1(3)4;2*1-2/h(H5,2,3,4);2*1H2. The van der Waals surface area contributed by atoms with Gasteiger partial charge >= 0.3 is 0 Å². The zero-order valence-electron chi connectivity index (χ0n) is 4.39. The van der Waals surface area contributed by atoms with Gasteiger partial charge in [-0.05, 0) is 0 Å². The van der Waals surface area contributed by atoms with Gasteiger partial charge in [0.15, 0.2) is 5.96 Å². The molecule has 5 N–H and O–H groups in total. The van der Waals surface area contributed by atoms with Crippen molar-refractivity contribution in [2.24, 2.45) is 11.5 Å². The average Bonchev–Trinajstić information content (AvgIpc) is 1.75. The van der Waals surface area contributed by atoms with E-state index in [4.69, 9.17) is 15.0 Å². The van der Waals surface area contributed by atoms with Crippen LogP contribution >= 0.6 is 0 Å². The molecule has 0 atom stereocenters. The fraction of sp³-hybridized carbons (Fsp3) is 0. The van der Waals surface area contributed by atoms with Crippen LogP contribution in [0.4, 0.5) is 0 Å². The SMILES string of the molecule is C=O.C=O.N=C(N)N. The molecule has 0 saturated carbocycles. The van der Waals surface area contributed by atoms with Crippen molar-refractivity contribution < 1.29 is 9.59 Å². The predicted octanol–water partition coefficient (Wildman–Crippen LogP) is -1.53. The van der Waals surface area contributed by atoms with E-state index in [9.17, 15) is 0 Å². The lowest BCUT2D eigenvalue weighted by Crippen LogP contribution is -2.20. The number of carbonyl (C=O) groups excluding carboxylic acids is 2. The number of rotatable bonds is 0. The van der Waals surface area contributed by atoms with Crippen molar-refractivity contribution >= 4 is 19.5 Å². The van der Waals surface area contributed by atoms with Gasteiger partial charge in [-0.25, -0.2) is 0 Å². The third-order valence-electron chi connectivity index (χ3n) is 0. The maximum atomic E-state index is 8.00. The maximum absolute atomic E-state index is 8.00. The van der Waals surface area contributed by atoms with Crippen LogP contribution < -0.4 is 11.5 Å². The number of carbonyl (C=O) groups is 2. The van der Waals surface area contributed by atoms with Gasteiger partial charge in [0.1, 0.15) is 13.6 Å². The summed E-state index contributed by atoms with van der Waals surface area (Å²) in [7, 11) is 0. The molecule has 5 heteroatoms. The first kappa shape index (κ1) is 16.0. The molecule has 5 nitrogen and oxygen atoms in total. The van der Waals surface area contributed by atoms with Gasteiger partial charge in [0, 0.05) is 0 Å². The van der Waals surface area contributed by atoms with Gasteiger partial charge in [-0.1, -0.05) is 0 Å². The van der Waals surface area contributed by atoms with Crippen LogP contribution in [0.5, 0.6) is 0 Å². The van der Waals surface area contributed by atoms with Gasteiger partial charge in [0.05, 0.1) is 0 Å². The van der Waals surface area contributed by atoms with E-state index in [0.29, 0.717) is 0 Å². The van der Waals surface area contributed by atoms with Gasteiger partial charge in [-0.3, -0.25) is 5.41 Å². The Morgan fingerprint density at radius 1 is 1.12 bits per heavy atom. The third kappa shape index (κ3) is 31.1. The molecule has 0 fully saturated rings. The molecule has 0 aliphatic carbocycles. The fourth-order valence-electron chi connectivity index (χ4n) is 0. The zero-order valence-corrected chi connectivity index (χ0v) is 4.39. The molecule has 0 aromatic rings. The average molecular weight is 119 g/mol. The van der Waals surface area contributed by atoms with Crippen molar-refractivity contribution in [3.05, 3.63) is 0 Å². The Hall–Kier alpha value is -1.39. The van der Waals surface area contributed by atoms with Crippen molar-refractivity contribution in [3.8, 4) is 0 Å². The minimum absolute atomic E-state index is 0.333. The molecular formula is C3H9N3O2. The van der Waals surface area contributed by atoms with Crippen LogP contribution in [0.3, 0.4) is 0 Å². The smallest absolute Gasteiger partial charge is 0.183 e. The lowest BCUT2D eigenvalue weighted by molar-refractivity contribution is -0.0987. The summed E-state index contributed by atoms with van der Waals surface area (Å²) in [5.41, 5.74) is 8.94. The molecule has 0 rings (SSSR count). The molecule has 0 radical (unpaired) electrons. The molecule has 0 aliphatic heterocycles. The summed E-state index contributed by atoms with van der Waals surface area (Å²) >= 11 is 0. The van der Waals surface area contributed by atoms with Crippen molar-refractivity contribution in [1.82, 2.24) is 0 Å². The Bertz CT molecular complexity index is 50.5. The van der Waals surface area contributed by atoms with E-state index < -0.39 is 0 Å². The Labute approximate surface area is 47.2 Å². The highest BCUT2D eigenvalue weighted by Crippen LogP contribution is 1.13. The van der Waals surface area contributed by atoms with Gasteiger partial charge in [-0.2, -0.15) is 0 Å². The summed E-state index contributed by atoms with van der Waals surface area (Å²) in [6, 6.07) is 0. The van der Waals surface area contributed by atoms with Crippen LogP contribution in [0.1, 0.15) is 0 Å². The zero-order chi connectivity index (χ0) is 7.58. The number of nitrogens with one attached hydrogen (secondary N) is 1. The molecule has 0 bridgehead atoms.